The number of methoxy groups -OCH3 is 1. The van der Waals surface area contributed by atoms with Crippen molar-refractivity contribution < 1.29 is 13.9 Å². The van der Waals surface area contributed by atoms with E-state index in [2.05, 4.69) is 26.7 Å². The van der Waals surface area contributed by atoms with Crippen LogP contribution >= 0.6 is 0 Å². The maximum atomic E-state index is 5.93. The fourth-order valence-electron chi connectivity index (χ4n) is 3.27. The van der Waals surface area contributed by atoms with E-state index >= 15 is 0 Å². The highest BCUT2D eigenvalue weighted by Crippen LogP contribution is 2.39. The Labute approximate surface area is 141 Å². The van der Waals surface area contributed by atoms with Crippen molar-refractivity contribution in [2.75, 3.05) is 26.9 Å². The highest BCUT2D eigenvalue weighted by molar-refractivity contribution is 5.12. The van der Waals surface area contributed by atoms with E-state index in [1.165, 1.54) is 12.8 Å². The Morgan fingerprint density at radius 3 is 2.96 bits per heavy atom. The van der Waals surface area contributed by atoms with E-state index in [1.807, 2.05) is 12.1 Å². The quantitative estimate of drug-likeness (QED) is 0.806. The Balaban J connectivity index is 1.51. The van der Waals surface area contributed by atoms with Crippen LogP contribution in [0.25, 0.3) is 0 Å². The van der Waals surface area contributed by atoms with Crippen molar-refractivity contribution in [2.24, 2.45) is 7.05 Å². The second-order valence-electron chi connectivity index (χ2n) is 6.61. The van der Waals surface area contributed by atoms with Crippen LogP contribution in [-0.2, 0) is 29.7 Å². The number of hydrogen-bond acceptors (Lipinski definition) is 6. The molecule has 24 heavy (non-hydrogen) atoms. The van der Waals surface area contributed by atoms with Crippen molar-refractivity contribution in [3.05, 3.63) is 35.3 Å². The smallest absolute Gasteiger partial charge is 0.147 e. The Hall–Kier alpha value is -1.70. The fourth-order valence-corrected chi connectivity index (χ4v) is 3.27. The molecule has 1 saturated heterocycles. The summed E-state index contributed by atoms with van der Waals surface area (Å²) in [5.41, 5.74) is 0. The van der Waals surface area contributed by atoms with Gasteiger partial charge in [0.15, 0.2) is 0 Å². The molecule has 2 aliphatic rings. The third-order valence-corrected chi connectivity index (χ3v) is 4.82. The van der Waals surface area contributed by atoms with Crippen molar-refractivity contribution in [1.29, 1.82) is 0 Å². The standard InChI is InChI=1S/C17H24N4O3/c1-20-16(18-19-17(20)12-3-4-12)9-21-7-8-23-11-14(21)15-6-5-13(24-15)10-22-2/h5-6,12,14H,3-4,7-11H2,1-2H3. The molecule has 0 N–H and O–H groups in total. The topological polar surface area (TPSA) is 65.6 Å². The number of rotatable bonds is 6. The lowest BCUT2D eigenvalue weighted by Gasteiger charge is -2.33. The zero-order chi connectivity index (χ0) is 16.5. The van der Waals surface area contributed by atoms with Gasteiger partial charge in [-0.05, 0) is 25.0 Å². The van der Waals surface area contributed by atoms with Gasteiger partial charge in [-0.2, -0.15) is 0 Å². The summed E-state index contributed by atoms with van der Waals surface area (Å²) < 4.78 is 18.9. The van der Waals surface area contributed by atoms with Gasteiger partial charge in [0.2, 0.25) is 0 Å². The fraction of sp³-hybridized carbons (Fsp3) is 0.647. The van der Waals surface area contributed by atoms with Gasteiger partial charge in [0.25, 0.3) is 0 Å². The van der Waals surface area contributed by atoms with Crippen LogP contribution in [0.3, 0.4) is 0 Å². The lowest BCUT2D eigenvalue weighted by Crippen LogP contribution is -2.39. The normalized spacial score (nSPS) is 22.2. The van der Waals surface area contributed by atoms with Gasteiger partial charge in [-0.15, -0.1) is 10.2 Å². The van der Waals surface area contributed by atoms with Gasteiger partial charge >= 0.3 is 0 Å². The molecule has 1 aliphatic carbocycles. The number of furan rings is 1. The first kappa shape index (κ1) is 15.8. The molecular weight excluding hydrogens is 308 g/mol. The average Bonchev–Trinajstić information content (AvgIpc) is 3.22. The Bertz CT molecular complexity index is 692. The molecule has 0 bridgehead atoms. The van der Waals surface area contributed by atoms with E-state index in [-0.39, 0.29) is 6.04 Å². The molecule has 2 fully saturated rings. The summed E-state index contributed by atoms with van der Waals surface area (Å²) in [4.78, 5) is 2.36. The van der Waals surface area contributed by atoms with E-state index in [9.17, 15) is 0 Å². The minimum Gasteiger partial charge on any atom is -0.462 e. The van der Waals surface area contributed by atoms with Crippen molar-refractivity contribution in [2.45, 2.75) is 38.0 Å². The average molecular weight is 332 g/mol. The Morgan fingerprint density at radius 1 is 1.29 bits per heavy atom. The molecule has 0 amide bonds. The molecule has 2 aromatic heterocycles. The molecule has 3 heterocycles. The van der Waals surface area contributed by atoms with Crippen LogP contribution in [0, 0.1) is 0 Å². The molecule has 7 nitrogen and oxygen atoms in total. The first-order chi connectivity index (χ1) is 11.8. The molecule has 0 aromatic carbocycles. The summed E-state index contributed by atoms with van der Waals surface area (Å²) in [6.45, 7) is 3.46. The van der Waals surface area contributed by atoms with Gasteiger partial charge in [-0.3, -0.25) is 4.90 Å². The van der Waals surface area contributed by atoms with Crippen molar-refractivity contribution in [1.82, 2.24) is 19.7 Å². The number of morpholine rings is 1. The summed E-state index contributed by atoms with van der Waals surface area (Å²) >= 11 is 0. The summed E-state index contributed by atoms with van der Waals surface area (Å²) in [6.07, 6.45) is 2.47. The monoisotopic (exact) mass is 332 g/mol. The van der Waals surface area contributed by atoms with Crippen LogP contribution in [0.2, 0.25) is 0 Å². The van der Waals surface area contributed by atoms with Gasteiger partial charge in [0, 0.05) is 26.6 Å². The first-order valence-electron chi connectivity index (χ1n) is 8.53. The van der Waals surface area contributed by atoms with Crippen LogP contribution in [0.15, 0.2) is 16.5 Å². The van der Waals surface area contributed by atoms with E-state index in [4.69, 9.17) is 13.9 Å². The van der Waals surface area contributed by atoms with Crippen LogP contribution < -0.4 is 0 Å². The molecular formula is C17H24N4O3. The lowest BCUT2D eigenvalue weighted by atomic mass is 10.1. The third-order valence-electron chi connectivity index (χ3n) is 4.82. The summed E-state index contributed by atoms with van der Waals surface area (Å²) in [5.74, 6) is 4.50. The number of hydrogen-bond donors (Lipinski definition) is 0. The summed E-state index contributed by atoms with van der Waals surface area (Å²) in [7, 11) is 3.74. The molecule has 130 valence electrons. The molecule has 2 aromatic rings. The Morgan fingerprint density at radius 2 is 2.17 bits per heavy atom. The largest absolute Gasteiger partial charge is 0.462 e. The number of nitrogens with zero attached hydrogens (tertiary/aromatic N) is 4. The maximum Gasteiger partial charge on any atom is 0.147 e. The lowest BCUT2D eigenvalue weighted by molar-refractivity contribution is -0.0225. The predicted octanol–water partition coefficient (Wildman–Crippen LogP) is 2.01. The van der Waals surface area contributed by atoms with Crippen LogP contribution in [-0.4, -0.2) is 46.5 Å². The minimum atomic E-state index is 0.102. The van der Waals surface area contributed by atoms with Crippen molar-refractivity contribution >= 4 is 0 Å². The zero-order valence-electron chi connectivity index (χ0n) is 14.3. The second-order valence-corrected chi connectivity index (χ2v) is 6.61. The molecule has 0 radical (unpaired) electrons. The van der Waals surface area contributed by atoms with E-state index in [0.717, 1.165) is 42.9 Å². The van der Waals surface area contributed by atoms with Gasteiger partial charge in [0.05, 0.1) is 25.8 Å². The molecule has 1 atom stereocenters. The van der Waals surface area contributed by atoms with Gasteiger partial charge in [-0.1, -0.05) is 0 Å². The van der Waals surface area contributed by atoms with E-state index in [0.29, 0.717) is 19.1 Å². The molecule has 0 spiro atoms. The summed E-state index contributed by atoms with van der Waals surface area (Å²) in [6, 6.07) is 4.09. The van der Waals surface area contributed by atoms with E-state index in [1.54, 1.807) is 7.11 Å². The van der Waals surface area contributed by atoms with Crippen LogP contribution in [0.4, 0.5) is 0 Å². The van der Waals surface area contributed by atoms with Crippen LogP contribution in [0.5, 0.6) is 0 Å². The highest BCUT2D eigenvalue weighted by Gasteiger charge is 2.32. The minimum absolute atomic E-state index is 0.102. The molecule has 7 heteroatoms. The molecule has 4 rings (SSSR count). The predicted molar refractivity (Wildman–Crippen MR) is 86.4 cm³/mol. The van der Waals surface area contributed by atoms with Crippen molar-refractivity contribution in [3.63, 3.8) is 0 Å². The maximum absolute atomic E-state index is 5.93. The van der Waals surface area contributed by atoms with Gasteiger partial charge in [-0.25, -0.2) is 0 Å². The van der Waals surface area contributed by atoms with Crippen molar-refractivity contribution in [3.8, 4) is 0 Å². The Kier molecular flexibility index (Phi) is 4.39. The number of ether oxygens (including phenoxy) is 2. The number of aromatic nitrogens is 3. The second kappa shape index (κ2) is 6.66. The van der Waals surface area contributed by atoms with Gasteiger partial charge in [0.1, 0.15) is 29.8 Å². The third kappa shape index (κ3) is 3.11. The molecule has 1 saturated carbocycles. The zero-order valence-corrected chi connectivity index (χ0v) is 14.3. The highest BCUT2D eigenvalue weighted by atomic mass is 16.5. The first-order valence-corrected chi connectivity index (χ1v) is 8.53. The molecule has 1 unspecified atom stereocenters. The molecule has 1 aliphatic heterocycles. The van der Waals surface area contributed by atoms with E-state index < -0.39 is 0 Å². The van der Waals surface area contributed by atoms with Gasteiger partial charge < -0.3 is 18.5 Å². The van der Waals surface area contributed by atoms with Crippen LogP contribution in [0.1, 0.15) is 48.0 Å². The summed E-state index contributed by atoms with van der Waals surface area (Å²) in [5, 5.41) is 8.80. The SMILES string of the molecule is COCc1ccc(C2COCCN2Cc2nnc(C3CC3)n2C)o1.